The normalized spacial score (nSPS) is 11.5. The van der Waals surface area contributed by atoms with E-state index < -0.39 is 42.9 Å². The van der Waals surface area contributed by atoms with E-state index in [1.807, 2.05) is 0 Å². The van der Waals surface area contributed by atoms with Crippen molar-refractivity contribution in [3.8, 4) is 0 Å². The van der Waals surface area contributed by atoms with Crippen molar-refractivity contribution >= 4 is 23.9 Å². The third kappa shape index (κ3) is 10.2. The van der Waals surface area contributed by atoms with Gasteiger partial charge in [-0.3, -0.25) is 19.2 Å². The van der Waals surface area contributed by atoms with Gasteiger partial charge in [0.1, 0.15) is 6.61 Å². The Morgan fingerprint density at radius 2 is 1.22 bits per heavy atom. The molecule has 0 heterocycles. The molecule has 1 atom stereocenters. The molecule has 0 amide bonds. The van der Waals surface area contributed by atoms with Crippen LogP contribution < -0.4 is 0 Å². The highest BCUT2D eigenvalue weighted by Crippen LogP contribution is 2.05. The van der Waals surface area contributed by atoms with Crippen LogP contribution in [0.4, 0.5) is 0 Å². The summed E-state index contributed by atoms with van der Waals surface area (Å²) >= 11 is 0. The van der Waals surface area contributed by atoms with E-state index in [0.717, 1.165) is 7.11 Å². The minimum absolute atomic E-state index is 0.194. The minimum atomic E-state index is -2.08. The van der Waals surface area contributed by atoms with Crippen LogP contribution in [0.15, 0.2) is 0 Å². The second kappa shape index (κ2) is 11.4. The fourth-order valence-electron chi connectivity index (χ4n) is 1.27. The summed E-state index contributed by atoms with van der Waals surface area (Å²) in [7, 11) is 2.32. The van der Waals surface area contributed by atoms with Gasteiger partial charge in [0, 0.05) is 0 Å². The number of esters is 4. The first kappa shape index (κ1) is 20.8. The van der Waals surface area contributed by atoms with Crippen molar-refractivity contribution in [1.29, 1.82) is 0 Å². The third-order valence-electron chi connectivity index (χ3n) is 2.55. The van der Waals surface area contributed by atoms with Crippen LogP contribution in [0, 0.1) is 0 Å². The van der Waals surface area contributed by atoms with E-state index in [-0.39, 0.29) is 25.7 Å². The Balaban J connectivity index is 4.20. The molecule has 132 valence electrons. The van der Waals surface area contributed by atoms with Gasteiger partial charge in [-0.25, -0.2) is 0 Å². The molecule has 0 aliphatic carbocycles. The van der Waals surface area contributed by atoms with Crippen LogP contribution >= 0.6 is 0 Å². The van der Waals surface area contributed by atoms with Gasteiger partial charge in [0.15, 0.2) is 12.4 Å². The van der Waals surface area contributed by atoms with Crippen LogP contribution in [0.5, 0.6) is 0 Å². The standard InChI is InChI=1S/C13H20O10/c1-20-9(14)3-5-11(16)22-7-8(13(18)19)23-12(17)6-4-10(15)21-2/h8,13,18-19H,3-7H2,1-2H3. The molecule has 2 N–H and O–H groups in total. The first-order valence-corrected chi connectivity index (χ1v) is 6.65. The predicted octanol–water partition coefficient (Wildman–Crippen LogP) is -1.34. The van der Waals surface area contributed by atoms with Crippen molar-refractivity contribution in [3.05, 3.63) is 0 Å². The van der Waals surface area contributed by atoms with Crippen molar-refractivity contribution in [2.75, 3.05) is 20.8 Å². The Hall–Kier alpha value is -2.20. The lowest BCUT2D eigenvalue weighted by Gasteiger charge is -2.19. The maximum absolute atomic E-state index is 11.4. The SMILES string of the molecule is COC(=O)CCC(=O)OCC(OC(=O)CCC(=O)OC)C(O)O. The van der Waals surface area contributed by atoms with Crippen LogP contribution in [0.1, 0.15) is 25.7 Å². The van der Waals surface area contributed by atoms with Crippen molar-refractivity contribution < 1.29 is 48.3 Å². The summed E-state index contributed by atoms with van der Waals surface area (Å²) in [5, 5.41) is 18.1. The summed E-state index contributed by atoms with van der Waals surface area (Å²) in [6, 6.07) is 0. The van der Waals surface area contributed by atoms with E-state index in [4.69, 9.17) is 10.2 Å². The van der Waals surface area contributed by atoms with E-state index in [9.17, 15) is 19.2 Å². The summed E-state index contributed by atoms with van der Waals surface area (Å²) in [6.45, 7) is -0.609. The molecule has 0 saturated carbocycles. The lowest BCUT2D eigenvalue weighted by atomic mass is 10.3. The van der Waals surface area contributed by atoms with Gasteiger partial charge in [-0.05, 0) is 0 Å². The minimum Gasteiger partial charge on any atom is -0.469 e. The first-order chi connectivity index (χ1) is 10.8. The molecule has 10 nitrogen and oxygen atoms in total. The number of hydrogen-bond acceptors (Lipinski definition) is 10. The molecule has 0 aliphatic heterocycles. The van der Waals surface area contributed by atoms with Crippen molar-refractivity contribution in [3.63, 3.8) is 0 Å². The van der Waals surface area contributed by atoms with Gasteiger partial charge in [0.25, 0.3) is 0 Å². The second-order valence-corrected chi connectivity index (χ2v) is 4.28. The number of ether oxygens (including phenoxy) is 4. The van der Waals surface area contributed by atoms with Gasteiger partial charge in [-0.15, -0.1) is 0 Å². The number of carbonyl (C=O) groups is 4. The maximum Gasteiger partial charge on any atom is 0.306 e. The van der Waals surface area contributed by atoms with Crippen molar-refractivity contribution in [2.45, 2.75) is 38.1 Å². The van der Waals surface area contributed by atoms with Crippen LogP contribution in [0.25, 0.3) is 0 Å². The smallest absolute Gasteiger partial charge is 0.306 e. The fraction of sp³-hybridized carbons (Fsp3) is 0.692. The largest absolute Gasteiger partial charge is 0.469 e. The first-order valence-electron chi connectivity index (χ1n) is 6.65. The predicted molar refractivity (Wildman–Crippen MR) is 71.6 cm³/mol. The molecule has 0 bridgehead atoms. The molecule has 0 fully saturated rings. The Morgan fingerprint density at radius 3 is 1.65 bits per heavy atom. The fourth-order valence-corrected chi connectivity index (χ4v) is 1.27. The third-order valence-corrected chi connectivity index (χ3v) is 2.55. The van der Waals surface area contributed by atoms with Gasteiger partial charge in [-0.2, -0.15) is 0 Å². The molecule has 1 unspecified atom stereocenters. The maximum atomic E-state index is 11.4. The summed E-state index contributed by atoms with van der Waals surface area (Å²) in [6.07, 6.45) is -4.61. The zero-order valence-electron chi connectivity index (χ0n) is 12.9. The van der Waals surface area contributed by atoms with E-state index in [1.165, 1.54) is 7.11 Å². The zero-order valence-corrected chi connectivity index (χ0v) is 12.9. The van der Waals surface area contributed by atoms with E-state index >= 15 is 0 Å². The summed E-state index contributed by atoms with van der Waals surface area (Å²) in [4.78, 5) is 44.5. The van der Waals surface area contributed by atoms with E-state index in [1.54, 1.807) is 0 Å². The van der Waals surface area contributed by atoms with E-state index in [0.29, 0.717) is 0 Å². The van der Waals surface area contributed by atoms with E-state index in [2.05, 4.69) is 18.9 Å². The highest BCUT2D eigenvalue weighted by molar-refractivity contribution is 5.78. The molecule has 0 spiro atoms. The molecule has 0 aromatic rings. The Kier molecular flexibility index (Phi) is 10.3. The number of aliphatic hydroxyl groups excluding tert-OH is 1. The van der Waals surface area contributed by atoms with Crippen LogP contribution in [-0.2, 0) is 38.1 Å². The Labute approximate surface area is 132 Å². The Morgan fingerprint density at radius 1 is 0.783 bits per heavy atom. The van der Waals surface area contributed by atoms with Crippen LogP contribution in [0.2, 0.25) is 0 Å². The number of hydrogen-bond donors (Lipinski definition) is 2. The molecule has 10 heteroatoms. The topological polar surface area (TPSA) is 146 Å². The molecule has 23 heavy (non-hydrogen) atoms. The average Bonchev–Trinajstić information content (AvgIpc) is 2.53. The Bertz CT molecular complexity index is 417. The van der Waals surface area contributed by atoms with Gasteiger partial charge in [0.05, 0.1) is 39.9 Å². The lowest BCUT2D eigenvalue weighted by Crippen LogP contribution is -2.36. The lowest BCUT2D eigenvalue weighted by molar-refractivity contribution is -0.188. The molecule has 0 rings (SSSR count). The van der Waals surface area contributed by atoms with Crippen molar-refractivity contribution in [1.82, 2.24) is 0 Å². The highest BCUT2D eigenvalue weighted by atomic mass is 16.6. The summed E-state index contributed by atoms with van der Waals surface area (Å²) < 4.78 is 18.0. The number of aliphatic hydroxyl groups is 2. The van der Waals surface area contributed by atoms with Gasteiger partial charge in [-0.1, -0.05) is 0 Å². The van der Waals surface area contributed by atoms with Crippen LogP contribution in [-0.4, -0.2) is 67.3 Å². The average molecular weight is 336 g/mol. The number of methoxy groups -OCH3 is 2. The quantitative estimate of drug-likeness (QED) is 0.279. The number of rotatable bonds is 10. The van der Waals surface area contributed by atoms with Gasteiger partial charge in [0.2, 0.25) is 0 Å². The summed E-state index contributed by atoms with van der Waals surface area (Å²) in [5.74, 6) is -2.92. The molecule has 0 aromatic heterocycles. The zero-order chi connectivity index (χ0) is 17.8. The van der Waals surface area contributed by atoms with Crippen molar-refractivity contribution in [2.24, 2.45) is 0 Å². The van der Waals surface area contributed by atoms with Gasteiger partial charge < -0.3 is 29.2 Å². The molecule has 0 aromatic carbocycles. The summed E-state index contributed by atoms with van der Waals surface area (Å²) in [5.41, 5.74) is 0. The second-order valence-electron chi connectivity index (χ2n) is 4.28. The molecule has 0 radical (unpaired) electrons. The van der Waals surface area contributed by atoms with Gasteiger partial charge >= 0.3 is 23.9 Å². The molecular formula is C13H20O10. The number of carbonyl (C=O) groups excluding carboxylic acids is 4. The molecule has 0 aliphatic rings. The van der Waals surface area contributed by atoms with Crippen LogP contribution in [0.3, 0.4) is 0 Å². The molecule has 0 saturated heterocycles. The molecular weight excluding hydrogens is 316 g/mol. The highest BCUT2D eigenvalue weighted by Gasteiger charge is 2.24. The monoisotopic (exact) mass is 336 g/mol.